The second kappa shape index (κ2) is 8.61. The molecule has 0 radical (unpaired) electrons. The summed E-state index contributed by atoms with van der Waals surface area (Å²) in [6.45, 7) is 2.44. The Morgan fingerprint density at radius 2 is 1.87 bits per heavy atom. The average Bonchev–Trinajstić information content (AvgIpc) is 2.53. The molecule has 5 heteroatoms. The van der Waals surface area contributed by atoms with Crippen molar-refractivity contribution in [3.05, 3.63) is 69.7 Å². The maximum Gasteiger partial charge on any atom is 0.217 e. The molecule has 0 saturated heterocycles. The molecule has 0 aromatic heterocycles. The van der Waals surface area contributed by atoms with Gasteiger partial charge in [-0.05, 0) is 35.4 Å². The zero-order chi connectivity index (χ0) is 16.7. The van der Waals surface area contributed by atoms with Gasteiger partial charge in [-0.25, -0.2) is 0 Å². The van der Waals surface area contributed by atoms with Crippen molar-refractivity contribution in [1.29, 1.82) is 0 Å². The molecule has 0 atom stereocenters. The smallest absolute Gasteiger partial charge is 0.217 e. The molecule has 23 heavy (non-hydrogen) atoms. The van der Waals surface area contributed by atoms with Crippen LogP contribution in [0.15, 0.2) is 48.5 Å². The Labute approximate surface area is 145 Å². The molecule has 0 fully saturated rings. The third-order valence-corrected chi connectivity index (χ3v) is 3.79. The largest absolute Gasteiger partial charge is 0.489 e. The van der Waals surface area contributed by atoms with Crippen LogP contribution in [0.1, 0.15) is 18.1 Å². The molecular formula is C18H17Cl2NO2. The lowest BCUT2D eigenvalue weighted by Crippen LogP contribution is -2.19. The zero-order valence-corrected chi connectivity index (χ0v) is 14.2. The van der Waals surface area contributed by atoms with Gasteiger partial charge in [0.2, 0.25) is 5.91 Å². The van der Waals surface area contributed by atoms with Gasteiger partial charge in [0.25, 0.3) is 0 Å². The van der Waals surface area contributed by atoms with E-state index in [1.165, 1.54) is 6.92 Å². The summed E-state index contributed by atoms with van der Waals surface area (Å²) in [5.41, 5.74) is 2.00. The molecule has 0 aliphatic rings. The van der Waals surface area contributed by atoms with E-state index in [0.717, 1.165) is 16.9 Å². The van der Waals surface area contributed by atoms with E-state index in [9.17, 15) is 4.79 Å². The van der Waals surface area contributed by atoms with Crippen LogP contribution in [-0.2, 0) is 11.4 Å². The van der Waals surface area contributed by atoms with Crippen LogP contribution in [0.25, 0.3) is 6.08 Å². The van der Waals surface area contributed by atoms with Gasteiger partial charge in [-0.2, -0.15) is 0 Å². The summed E-state index contributed by atoms with van der Waals surface area (Å²) in [7, 11) is 0. The van der Waals surface area contributed by atoms with Crippen LogP contribution in [0.4, 0.5) is 0 Å². The predicted octanol–water partition coefficient (Wildman–Crippen LogP) is 4.72. The van der Waals surface area contributed by atoms with Crippen molar-refractivity contribution in [3.63, 3.8) is 0 Å². The summed E-state index contributed by atoms with van der Waals surface area (Å²) >= 11 is 11.9. The van der Waals surface area contributed by atoms with Gasteiger partial charge in [-0.15, -0.1) is 0 Å². The number of halogens is 2. The lowest BCUT2D eigenvalue weighted by molar-refractivity contribution is -0.118. The van der Waals surface area contributed by atoms with E-state index < -0.39 is 0 Å². The van der Waals surface area contributed by atoms with Gasteiger partial charge in [0, 0.05) is 13.5 Å². The Balaban J connectivity index is 1.87. The highest BCUT2D eigenvalue weighted by molar-refractivity contribution is 6.42. The van der Waals surface area contributed by atoms with Crippen molar-refractivity contribution >= 4 is 35.2 Å². The molecule has 0 unspecified atom stereocenters. The van der Waals surface area contributed by atoms with Crippen LogP contribution in [-0.4, -0.2) is 12.5 Å². The summed E-state index contributed by atoms with van der Waals surface area (Å²) in [4.78, 5) is 10.8. The number of hydrogen-bond acceptors (Lipinski definition) is 2. The average molecular weight is 350 g/mol. The minimum atomic E-state index is -0.0410. The lowest BCUT2D eigenvalue weighted by atomic mass is 10.2. The first-order valence-corrected chi connectivity index (χ1v) is 7.88. The Morgan fingerprint density at radius 3 is 2.52 bits per heavy atom. The molecule has 0 bridgehead atoms. The van der Waals surface area contributed by atoms with Crippen LogP contribution in [0.5, 0.6) is 5.75 Å². The number of nitrogens with one attached hydrogen (secondary N) is 1. The number of carbonyl (C=O) groups excluding carboxylic acids is 1. The van der Waals surface area contributed by atoms with Crippen molar-refractivity contribution in [2.75, 3.05) is 6.54 Å². The first-order valence-electron chi connectivity index (χ1n) is 7.12. The number of carbonyl (C=O) groups is 1. The lowest BCUT2D eigenvalue weighted by Gasteiger charge is -2.07. The van der Waals surface area contributed by atoms with Gasteiger partial charge in [-0.3, -0.25) is 4.79 Å². The topological polar surface area (TPSA) is 38.3 Å². The number of ether oxygens (including phenoxy) is 1. The van der Waals surface area contributed by atoms with Crippen molar-refractivity contribution < 1.29 is 9.53 Å². The first-order chi connectivity index (χ1) is 11.0. The molecule has 0 aliphatic carbocycles. The van der Waals surface area contributed by atoms with Gasteiger partial charge >= 0.3 is 0 Å². The van der Waals surface area contributed by atoms with Crippen LogP contribution in [0.2, 0.25) is 10.0 Å². The molecule has 0 heterocycles. The van der Waals surface area contributed by atoms with Gasteiger partial charge in [-0.1, -0.05) is 53.6 Å². The number of amides is 1. The van der Waals surface area contributed by atoms with Crippen molar-refractivity contribution in [1.82, 2.24) is 5.32 Å². The Morgan fingerprint density at radius 1 is 1.13 bits per heavy atom. The molecule has 2 aromatic rings. The van der Waals surface area contributed by atoms with Gasteiger partial charge in [0.15, 0.2) is 0 Å². The third-order valence-electron chi connectivity index (χ3n) is 3.05. The van der Waals surface area contributed by atoms with Crippen LogP contribution < -0.4 is 10.1 Å². The molecule has 0 saturated carbocycles. The predicted molar refractivity (Wildman–Crippen MR) is 95.0 cm³/mol. The minimum absolute atomic E-state index is 0.0410. The molecule has 120 valence electrons. The second-order valence-corrected chi connectivity index (χ2v) is 5.76. The fraction of sp³-hybridized carbons (Fsp3) is 0.167. The van der Waals surface area contributed by atoms with Gasteiger partial charge < -0.3 is 10.1 Å². The van der Waals surface area contributed by atoms with E-state index in [0.29, 0.717) is 23.2 Å². The molecule has 3 nitrogen and oxygen atoms in total. The highest BCUT2D eigenvalue weighted by atomic mass is 35.5. The van der Waals surface area contributed by atoms with E-state index in [1.54, 1.807) is 12.1 Å². The van der Waals surface area contributed by atoms with Crippen molar-refractivity contribution in [2.45, 2.75) is 13.5 Å². The number of rotatable bonds is 6. The summed E-state index contributed by atoms with van der Waals surface area (Å²) in [5, 5.41) is 3.76. The van der Waals surface area contributed by atoms with E-state index in [-0.39, 0.29) is 5.91 Å². The maximum absolute atomic E-state index is 10.8. The quantitative estimate of drug-likeness (QED) is 0.819. The van der Waals surface area contributed by atoms with E-state index >= 15 is 0 Å². The van der Waals surface area contributed by atoms with Crippen LogP contribution >= 0.6 is 23.2 Å². The summed E-state index contributed by atoms with van der Waals surface area (Å²) in [6, 6.07) is 13.1. The normalized spacial score (nSPS) is 10.7. The van der Waals surface area contributed by atoms with Crippen molar-refractivity contribution in [3.8, 4) is 5.75 Å². The molecule has 1 amide bonds. The molecular weight excluding hydrogens is 333 g/mol. The molecule has 2 aromatic carbocycles. The van der Waals surface area contributed by atoms with Crippen LogP contribution in [0.3, 0.4) is 0 Å². The molecule has 2 rings (SSSR count). The summed E-state index contributed by atoms with van der Waals surface area (Å²) < 4.78 is 5.72. The summed E-state index contributed by atoms with van der Waals surface area (Å²) in [5.74, 6) is 0.732. The highest BCUT2D eigenvalue weighted by Gasteiger charge is 2.01. The monoisotopic (exact) mass is 349 g/mol. The van der Waals surface area contributed by atoms with Crippen molar-refractivity contribution in [2.24, 2.45) is 0 Å². The van der Waals surface area contributed by atoms with Gasteiger partial charge in [0.05, 0.1) is 10.0 Å². The van der Waals surface area contributed by atoms with E-state index in [2.05, 4.69) is 5.32 Å². The summed E-state index contributed by atoms with van der Waals surface area (Å²) in [6.07, 6.45) is 3.84. The highest BCUT2D eigenvalue weighted by Crippen LogP contribution is 2.23. The third kappa shape index (κ3) is 5.97. The molecule has 0 spiro atoms. The van der Waals surface area contributed by atoms with Crippen LogP contribution in [0, 0.1) is 0 Å². The second-order valence-electron chi connectivity index (χ2n) is 4.95. The standard InChI is InChI=1S/C18H17Cl2NO2/c1-13(22)21-10-2-3-14-4-7-16(8-5-14)23-12-15-6-9-17(19)18(20)11-15/h2-9,11H,10,12H2,1H3,(H,21,22). The fourth-order valence-electron chi connectivity index (χ4n) is 1.87. The SMILES string of the molecule is CC(=O)NCC=Cc1ccc(OCc2ccc(Cl)c(Cl)c2)cc1. The Kier molecular flexibility index (Phi) is 6.51. The first kappa shape index (κ1) is 17.4. The Bertz CT molecular complexity index is 697. The maximum atomic E-state index is 10.8. The van der Waals surface area contributed by atoms with E-state index in [1.807, 2.05) is 42.5 Å². The molecule has 0 aliphatic heterocycles. The number of benzene rings is 2. The zero-order valence-electron chi connectivity index (χ0n) is 12.7. The fourth-order valence-corrected chi connectivity index (χ4v) is 2.19. The minimum Gasteiger partial charge on any atom is -0.489 e. The number of hydrogen-bond donors (Lipinski definition) is 1. The van der Waals surface area contributed by atoms with E-state index in [4.69, 9.17) is 27.9 Å². The van der Waals surface area contributed by atoms with Gasteiger partial charge in [0.1, 0.15) is 12.4 Å². The molecule has 1 N–H and O–H groups in total. The Hall–Kier alpha value is -1.97.